The second-order valence-corrected chi connectivity index (χ2v) is 6.81. The molecular formula is C15H28N2O3. The standard InChI is InChI=1S/C15H28N2O3/c1-14(2,13(19)20)15(3,4)16-10-12(18)17-11-8-6-5-7-9-11/h11,16H,5-10H2,1-4H3,(H,17,18)(H,19,20). The van der Waals surface area contributed by atoms with Crippen LogP contribution in [0.25, 0.3) is 0 Å². The molecule has 5 nitrogen and oxygen atoms in total. The largest absolute Gasteiger partial charge is 0.481 e. The van der Waals surface area contributed by atoms with Crippen molar-refractivity contribution in [2.75, 3.05) is 6.54 Å². The van der Waals surface area contributed by atoms with E-state index in [0.29, 0.717) is 0 Å². The van der Waals surface area contributed by atoms with Gasteiger partial charge in [-0.25, -0.2) is 0 Å². The van der Waals surface area contributed by atoms with Gasteiger partial charge in [-0.3, -0.25) is 9.59 Å². The van der Waals surface area contributed by atoms with Crippen molar-refractivity contribution in [3.8, 4) is 0 Å². The van der Waals surface area contributed by atoms with Crippen molar-refractivity contribution < 1.29 is 14.7 Å². The Morgan fingerprint density at radius 2 is 1.65 bits per heavy atom. The highest BCUT2D eigenvalue weighted by atomic mass is 16.4. The Labute approximate surface area is 121 Å². The van der Waals surface area contributed by atoms with Crippen LogP contribution in [0.5, 0.6) is 0 Å². The van der Waals surface area contributed by atoms with Crippen LogP contribution in [0, 0.1) is 5.41 Å². The van der Waals surface area contributed by atoms with Crippen LogP contribution < -0.4 is 10.6 Å². The Hall–Kier alpha value is -1.10. The van der Waals surface area contributed by atoms with E-state index in [1.165, 1.54) is 19.3 Å². The summed E-state index contributed by atoms with van der Waals surface area (Å²) in [5, 5.41) is 15.4. The summed E-state index contributed by atoms with van der Waals surface area (Å²) in [5.74, 6) is -0.922. The number of carbonyl (C=O) groups excluding carboxylic acids is 1. The van der Waals surface area contributed by atoms with Gasteiger partial charge in [0.25, 0.3) is 0 Å². The molecule has 1 amide bonds. The van der Waals surface area contributed by atoms with Crippen LogP contribution in [0.3, 0.4) is 0 Å². The minimum Gasteiger partial charge on any atom is -0.481 e. The third-order valence-corrected chi connectivity index (χ3v) is 4.76. The van der Waals surface area contributed by atoms with Crippen molar-refractivity contribution >= 4 is 11.9 Å². The van der Waals surface area contributed by atoms with E-state index in [0.717, 1.165) is 12.8 Å². The Balaban J connectivity index is 2.44. The highest BCUT2D eigenvalue weighted by molar-refractivity contribution is 5.79. The van der Waals surface area contributed by atoms with Crippen LogP contribution in [0.4, 0.5) is 0 Å². The molecule has 5 heteroatoms. The number of carboxylic acid groups (broad SMARTS) is 1. The summed E-state index contributed by atoms with van der Waals surface area (Å²) in [5.41, 5.74) is -1.61. The number of carbonyl (C=O) groups is 2. The van der Waals surface area contributed by atoms with Crippen molar-refractivity contribution in [2.24, 2.45) is 5.41 Å². The summed E-state index contributed by atoms with van der Waals surface area (Å²) in [6, 6.07) is 0.286. The molecule has 1 aliphatic rings. The minimum absolute atomic E-state index is 0.0498. The summed E-state index contributed by atoms with van der Waals surface area (Å²) < 4.78 is 0. The average Bonchev–Trinajstić information content (AvgIpc) is 2.37. The lowest BCUT2D eigenvalue weighted by Crippen LogP contribution is -2.57. The molecule has 1 saturated carbocycles. The second-order valence-electron chi connectivity index (χ2n) is 6.81. The van der Waals surface area contributed by atoms with Gasteiger partial charge in [0.15, 0.2) is 0 Å². The predicted molar refractivity (Wildman–Crippen MR) is 78.5 cm³/mol. The molecule has 1 rings (SSSR count). The maximum atomic E-state index is 11.9. The van der Waals surface area contributed by atoms with E-state index in [-0.39, 0.29) is 18.5 Å². The molecule has 0 aliphatic heterocycles. The topological polar surface area (TPSA) is 78.4 Å². The van der Waals surface area contributed by atoms with Gasteiger partial charge in [0.2, 0.25) is 5.91 Å². The van der Waals surface area contributed by atoms with Gasteiger partial charge >= 0.3 is 5.97 Å². The highest BCUT2D eigenvalue weighted by Crippen LogP contribution is 2.30. The molecule has 20 heavy (non-hydrogen) atoms. The van der Waals surface area contributed by atoms with Crippen molar-refractivity contribution in [2.45, 2.75) is 71.4 Å². The number of amides is 1. The fourth-order valence-electron chi connectivity index (χ4n) is 2.32. The van der Waals surface area contributed by atoms with Gasteiger partial charge in [-0.1, -0.05) is 19.3 Å². The van der Waals surface area contributed by atoms with Crippen LogP contribution in [0.1, 0.15) is 59.8 Å². The monoisotopic (exact) mass is 284 g/mol. The van der Waals surface area contributed by atoms with Gasteiger partial charge in [-0.15, -0.1) is 0 Å². The zero-order valence-electron chi connectivity index (χ0n) is 13.1. The van der Waals surface area contributed by atoms with E-state index in [9.17, 15) is 14.7 Å². The van der Waals surface area contributed by atoms with Crippen molar-refractivity contribution in [3.63, 3.8) is 0 Å². The highest BCUT2D eigenvalue weighted by Gasteiger charge is 2.43. The Morgan fingerprint density at radius 1 is 1.10 bits per heavy atom. The minimum atomic E-state index is -0.946. The molecule has 0 aromatic heterocycles. The molecule has 0 saturated heterocycles. The van der Waals surface area contributed by atoms with E-state index >= 15 is 0 Å². The van der Waals surface area contributed by atoms with Gasteiger partial charge in [-0.2, -0.15) is 0 Å². The van der Waals surface area contributed by atoms with Crippen molar-refractivity contribution in [3.05, 3.63) is 0 Å². The van der Waals surface area contributed by atoms with Crippen LogP contribution in [-0.4, -0.2) is 35.1 Å². The molecule has 0 spiro atoms. The first-order valence-corrected chi connectivity index (χ1v) is 7.44. The van der Waals surface area contributed by atoms with Crippen LogP contribution in [0.15, 0.2) is 0 Å². The summed E-state index contributed by atoms with van der Waals surface area (Å²) in [7, 11) is 0. The van der Waals surface area contributed by atoms with Gasteiger partial charge in [0, 0.05) is 11.6 Å². The quantitative estimate of drug-likeness (QED) is 0.696. The number of rotatable bonds is 6. The van der Waals surface area contributed by atoms with E-state index in [1.54, 1.807) is 13.8 Å². The number of aliphatic carboxylic acids is 1. The van der Waals surface area contributed by atoms with Crippen LogP contribution in [-0.2, 0) is 9.59 Å². The number of carboxylic acids is 1. The van der Waals surface area contributed by atoms with Crippen molar-refractivity contribution in [1.29, 1.82) is 0 Å². The maximum absolute atomic E-state index is 11.9. The molecule has 0 atom stereocenters. The van der Waals surface area contributed by atoms with Crippen molar-refractivity contribution in [1.82, 2.24) is 10.6 Å². The zero-order chi connectivity index (χ0) is 15.4. The molecule has 116 valence electrons. The Morgan fingerprint density at radius 3 is 2.15 bits per heavy atom. The Bertz CT molecular complexity index is 358. The van der Waals surface area contributed by atoms with E-state index in [1.807, 2.05) is 13.8 Å². The number of hydrogen-bond acceptors (Lipinski definition) is 3. The lowest BCUT2D eigenvalue weighted by atomic mass is 9.74. The smallest absolute Gasteiger partial charge is 0.310 e. The SMILES string of the molecule is CC(C)(NCC(=O)NC1CCCCC1)C(C)(C)C(=O)O. The van der Waals surface area contributed by atoms with E-state index in [2.05, 4.69) is 10.6 Å². The molecule has 3 N–H and O–H groups in total. The first-order chi connectivity index (χ1) is 9.17. The average molecular weight is 284 g/mol. The predicted octanol–water partition coefficient (Wildman–Crippen LogP) is 1.91. The summed E-state index contributed by atoms with van der Waals surface area (Å²) in [4.78, 5) is 23.2. The fourth-order valence-corrected chi connectivity index (χ4v) is 2.32. The number of hydrogen-bond donors (Lipinski definition) is 3. The van der Waals surface area contributed by atoms with Crippen LogP contribution in [0.2, 0.25) is 0 Å². The fraction of sp³-hybridized carbons (Fsp3) is 0.867. The van der Waals surface area contributed by atoms with Gasteiger partial charge in [0.1, 0.15) is 0 Å². The lowest BCUT2D eigenvalue weighted by molar-refractivity contribution is -0.151. The normalized spacial score (nSPS) is 17.8. The van der Waals surface area contributed by atoms with Gasteiger partial charge in [0.05, 0.1) is 12.0 Å². The summed E-state index contributed by atoms with van der Waals surface area (Å²) in [6.07, 6.45) is 5.71. The molecule has 0 aromatic carbocycles. The van der Waals surface area contributed by atoms with E-state index < -0.39 is 16.9 Å². The Kier molecular flexibility index (Phi) is 5.57. The molecule has 0 unspecified atom stereocenters. The zero-order valence-corrected chi connectivity index (χ0v) is 13.1. The lowest BCUT2D eigenvalue weighted by Gasteiger charge is -2.39. The van der Waals surface area contributed by atoms with Crippen LogP contribution >= 0.6 is 0 Å². The molecule has 0 bridgehead atoms. The maximum Gasteiger partial charge on any atom is 0.310 e. The molecule has 0 heterocycles. The first-order valence-electron chi connectivity index (χ1n) is 7.44. The van der Waals surface area contributed by atoms with Gasteiger partial charge in [-0.05, 0) is 40.5 Å². The molecule has 1 fully saturated rings. The third kappa shape index (κ3) is 4.20. The summed E-state index contributed by atoms with van der Waals surface area (Å²) >= 11 is 0. The number of nitrogens with one attached hydrogen (secondary N) is 2. The molecule has 0 radical (unpaired) electrons. The third-order valence-electron chi connectivity index (χ3n) is 4.76. The molecule has 0 aromatic rings. The second kappa shape index (κ2) is 6.57. The first kappa shape index (κ1) is 17.0. The van der Waals surface area contributed by atoms with Gasteiger partial charge < -0.3 is 15.7 Å². The molecular weight excluding hydrogens is 256 g/mol. The van der Waals surface area contributed by atoms with E-state index in [4.69, 9.17) is 0 Å². The molecule has 1 aliphatic carbocycles. The summed E-state index contributed by atoms with van der Waals surface area (Å²) in [6.45, 7) is 7.12.